The summed E-state index contributed by atoms with van der Waals surface area (Å²) in [5, 5.41) is 2.70. The Labute approximate surface area is 175 Å². The second kappa shape index (κ2) is 7.62. The van der Waals surface area contributed by atoms with Crippen LogP contribution in [0.3, 0.4) is 0 Å². The molecule has 0 unspecified atom stereocenters. The molecule has 0 atom stereocenters. The third kappa shape index (κ3) is 4.70. The Balaban J connectivity index is 1.47. The molecule has 1 aliphatic carbocycles. The first-order valence-corrected chi connectivity index (χ1v) is 9.80. The lowest BCUT2D eigenvalue weighted by Gasteiger charge is -2.34. The summed E-state index contributed by atoms with van der Waals surface area (Å²) in [7, 11) is 0. The van der Waals surface area contributed by atoms with Gasteiger partial charge >= 0.3 is 6.18 Å². The number of fused-ring (bicyclic) bond motifs is 1. The van der Waals surface area contributed by atoms with Gasteiger partial charge < -0.3 is 9.88 Å². The molecule has 0 spiro atoms. The molecule has 2 heterocycles. The van der Waals surface area contributed by atoms with Crippen molar-refractivity contribution in [2.75, 3.05) is 5.32 Å². The van der Waals surface area contributed by atoms with Crippen LogP contribution in [0.4, 0.5) is 27.8 Å². The number of aromatic nitrogens is 2. The van der Waals surface area contributed by atoms with Gasteiger partial charge in [0.1, 0.15) is 5.82 Å². The summed E-state index contributed by atoms with van der Waals surface area (Å²) in [4.78, 5) is 16.6. The molecule has 1 aliphatic rings. The number of hydrogen-bond donors (Lipinski definition) is 1. The van der Waals surface area contributed by atoms with Crippen LogP contribution >= 0.6 is 0 Å². The van der Waals surface area contributed by atoms with E-state index in [1.807, 2.05) is 10.6 Å². The second-order valence-corrected chi connectivity index (χ2v) is 8.08. The zero-order valence-corrected chi connectivity index (χ0v) is 16.6. The van der Waals surface area contributed by atoms with Crippen LogP contribution < -0.4 is 5.32 Å². The second-order valence-electron chi connectivity index (χ2n) is 8.08. The predicted molar refractivity (Wildman–Crippen MR) is 106 cm³/mol. The third-order valence-electron chi connectivity index (χ3n) is 5.48. The van der Waals surface area contributed by atoms with Crippen LogP contribution in [0, 0.1) is 12.8 Å². The minimum atomic E-state index is -4.37. The smallest absolute Gasteiger partial charge is 0.342 e. The van der Waals surface area contributed by atoms with Crippen molar-refractivity contribution in [3.8, 4) is 0 Å². The highest BCUT2D eigenvalue weighted by molar-refractivity contribution is 5.92. The van der Waals surface area contributed by atoms with Gasteiger partial charge in [0.05, 0.1) is 16.6 Å². The molecule has 164 valence electrons. The number of amides is 1. The van der Waals surface area contributed by atoms with Crippen LogP contribution in [0.1, 0.15) is 36.0 Å². The SMILES string of the molecule is Cc1cc2c(ccn2Cc2ccc(C(F)(F)F)cc2)nc1NC(=O)CC1CC(F)(F)C1. The lowest BCUT2D eigenvalue weighted by atomic mass is 9.79. The Hall–Kier alpha value is -2.97. The van der Waals surface area contributed by atoms with Crippen molar-refractivity contribution >= 4 is 22.8 Å². The number of carbonyl (C=O) groups is 1. The van der Waals surface area contributed by atoms with Gasteiger partial charge in [-0.1, -0.05) is 12.1 Å². The molecular weight excluding hydrogens is 417 g/mol. The Morgan fingerprint density at radius 1 is 1.19 bits per heavy atom. The van der Waals surface area contributed by atoms with Crippen molar-refractivity contribution in [3.63, 3.8) is 0 Å². The first-order valence-electron chi connectivity index (χ1n) is 9.80. The van der Waals surface area contributed by atoms with Crippen molar-refractivity contribution in [1.82, 2.24) is 9.55 Å². The fourth-order valence-electron chi connectivity index (χ4n) is 3.84. The quantitative estimate of drug-likeness (QED) is 0.514. The summed E-state index contributed by atoms with van der Waals surface area (Å²) in [6.07, 6.45) is -3.10. The molecule has 1 saturated carbocycles. The molecule has 1 aromatic carbocycles. The van der Waals surface area contributed by atoms with Crippen LogP contribution in [0.5, 0.6) is 0 Å². The highest BCUT2D eigenvalue weighted by Gasteiger charge is 2.45. The minimum Gasteiger partial charge on any atom is -0.342 e. The number of aryl methyl sites for hydroxylation is 1. The molecule has 9 heteroatoms. The molecular formula is C22H20F5N3O. The summed E-state index contributed by atoms with van der Waals surface area (Å²) in [5.74, 6) is -2.95. The van der Waals surface area contributed by atoms with Crippen molar-refractivity contribution in [1.29, 1.82) is 0 Å². The number of carbonyl (C=O) groups excluding carboxylic acids is 1. The van der Waals surface area contributed by atoms with Crippen LogP contribution in [0.25, 0.3) is 11.0 Å². The van der Waals surface area contributed by atoms with Gasteiger partial charge in [-0.15, -0.1) is 0 Å². The van der Waals surface area contributed by atoms with E-state index in [9.17, 15) is 26.7 Å². The molecule has 1 N–H and O–H groups in total. The van der Waals surface area contributed by atoms with Gasteiger partial charge in [-0.25, -0.2) is 13.8 Å². The van der Waals surface area contributed by atoms with E-state index in [0.29, 0.717) is 29.0 Å². The van der Waals surface area contributed by atoms with Gasteiger partial charge in [-0.2, -0.15) is 13.2 Å². The average molecular weight is 437 g/mol. The van der Waals surface area contributed by atoms with Gasteiger partial charge in [0.2, 0.25) is 11.8 Å². The number of benzene rings is 1. The Bertz CT molecular complexity index is 1110. The van der Waals surface area contributed by atoms with E-state index in [0.717, 1.165) is 17.6 Å². The third-order valence-corrected chi connectivity index (χ3v) is 5.48. The van der Waals surface area contributed by atoms with Crippen molar-refractivity contribution in [2.45, 2.75) is 44.8 Å². The first-order chi connectivity index (χ1) is 14.5. The number of halogens is 5. The molecule has 1 amide bonds. The monoisotopic (exact) mass is 437 g/mol. The fraction of sp³-hybridized carbons (Fsp3) is 0.364. The summed E-state index contributed by atoms with van der Waals surface area (Å²) in [5.41, 5.74) is 2.10. The van der Waals surface area contributed by atoms with E-state index in [2.05, 4.69) is 10.3 Å². The van der Waals surface area contributed by atoms with Crippen LogP contribution in [-0.2, 0) is 17.5 Å². The number of alkyl halides is 5. The van der Waals surface area contributed by atoms with E-state index < -0.39 is 17.7 Å². The molecule has 0 aliphatic heterocycles. The highest BCUT2D eigenvalue weighted by Crippen LogP contribution is 2.44. The molecule has 0 radical (unpaired) electrons. The van der Waals surface area contributed by atoms with Gasteiger partial charge in [-0.3, -0.25) is 4.79 Å². The van der Waals surface area contributed by atoms with E-state index in [1.54, 1.807) is 19.2 Å². The molecule has 31 heavy (non-hydrogen) atoms. The summed E-state index contributed by atoms with van der Waals surface area (Å²) >= 11 is 0. The molecule has 0 saturated heterocycles. The van der Waals surface area contributed by atoms with Gasteiger partial charge in [0.15, 0.2) is 0 Å². The standard InChI is InChI=1S/C22H20F5N3O/c1-13-8-18-17(28-20(13)29-19(31)9-15-10-21(23,24)11-15)6-7-30(18)12-14-2-4-16(5-3-14)22(25,26)27/h2-8,15H,9-12H2,1H3,(H,28,29,31). The number of pyridine rings is 1. The maximum atomic E-state index is 12.9. The Morgan fingerprint density at radius 3 is 2.48 bits per heavy atom. The number of rotatable bonds is 5. The van der Waals surface area contributed by atoms with E-state index in [-0.39, 0.29) is 31.1 Å². The molecule has 1 fully saturated rings. The van der Waals surface area contributed by atoms with E-state index in [4.69, 9.17) is 0 Å². The summed E-state index contributed by atoms with van der Waals surface area (Å²) in [6.45, 7) is 2.14. The largest absolute Gasteiger partial charge is 0.416 e. The topological polar surface area (TPSA) is 46.9 Å². The zero-order chi connectivity index (χ0) is 22.4. The fourth-order valence-corrected chi connectivity index (χ4v) is 3.84. The van der Waals surface area contributed by atoms with Crippen LogP contribution in [0.2, 0.25) is 0 Å². The van der Waals surface area contributed by atoms with Crippen molar-refractivity contribution in [3.05, 3.63) is 59.3 Å². The number of nitrogens with one attached hydrogen (secondary N) is 1. The normalized spacial score (nSPS) is 16.3. The summed E-state index contributed by atoms with van der Waals surface area (Å²) < 4.78 is 65.9. The van der Waals surface area contributed by atoms with Gasteiger partial charge in [0, 0.05) is 32.0 Å². The maximum absolute atomic E-state index is 12.9. The number of hydrogen-bond acceptors (Lipinski definition) is 2. The summed E-state index contributed by atoms with van der Waals surface area (Å²) in [6, 6.07) is 8.56. The molecule has 2 aromatic heterocycles. The first kappa shape index (κ1) is 21.3. The van der Waals surface area contributed by atoms with Crippen LogP contribution in [0.15, 0.2) is 42.6 Å². The lowest BCUT2D eigenvalue weighted by molar-refractivity contribution is -0.137. The minimum absolute atomic E-state index is 0.0314. The van der Waals surface area contributed by atoms with Gasteiger partial charge in [-0.05, 0) is 48.2 Å². The molecule has 4 nitrogen and oxygen atoms in total. The number of nitrogens with zero attached hydrogens (tertiary/aromatic N) is 2. The van der Waals surface area contributed by atoms with E-state index >= 15 is 0 Å². The maximum Gasteiger partial charge on any atom is 0.416 e. The van der Waals surface area contributed by atoms with Crippen molar-refractivity contribution in [2.24, 2.45) is 5.92 Å². The van der Waals surface area contributed by atoms with Gasteiger partial charge in [0.25, 0.3) is 0 Å². The van der Waals surface area contributed by atoms with E-state index in [1.165, 1.54) is 12.1 Å². The highest BCUT2D eigenvalue weighted by atomic mass is 19.4. The average Bonchev–Trinajstić information content (AvgIpc) is 3.02. The Morgan fingerprint density at radius 2 is 1.87 bits per heavy atom. The zero-order valence-electron chi connectivity index (χ0n) is 16.6. The van der Waals surface area contributed by atoms with Crippen molar-refractivity contribution < 1.29 is 26.7 Å². The molecule has 4 rings (SSSR count). The predicted octanol–water partition coefficient (Wildman–Crippen LogP) is 5.79. The molecule has 3 aromatic rings. The number of anilines is 1. The Kier molecular flexibility index (Phi) is 5.23. The van der Waals surface area contributed by atoms with Crippen LogP contribution in [-0.4, -0.2) is 21.4 Å². The molecule has 0 bridgehead atoms. The lowest BCUT2D eigenvalue weighted by Crippen LogP contribution is -2.37.